The quantitative estimate of drug-likeness (QED) is 0.907. The van der Waals surface area contributed by atoms with E-state index in [1.165, 1.54) is 18.2 Å². The second kappa shape index (κ2) is 6.37. The van der Waals surface area contributed by atoms with Gasteiger partial charge in [0.15, 0.2) is 0 Å². The van der Waals surface area contributed by atoms with Crippen molar-refractivity contribution in [3.05, 3.63) is 53.1 Å². The Hall–Kier alpha value is -1.72. The molecule has 2 aromatic rings. The van der Waals surface area contributed by atoms with Crippen LogP contribution in [0.2, 0.25) is 5.02 Å². The number of hydrogen-bond donors (Lipinski definition) is 1. The van der Waals surface area contributed by atoms with Crippen LogP contribution in [0.5, 0.6) is 5.75 Å². The maximum atomic E-state index is 12.5. The normalized spacial score (nSPS) is 11.5. The molecule has 2 rings (SSSR count). The van der Waals surface area contributed by atoms with Crippen molar-refractivity contribution in [2.45, 2.75) is 12.8 Å². The summed E-state index contributed by atoms with van der Waals surface area (Å²) in [7, 11) is 0. The standard InChI is InChI=1S/C15H13ClF3NO/c16-13-6-5-10(7-8-20)9-12(13)11-3-1-2-4-14(11)21-15(17,18)19/h1-6,9H,7-8,20H2. The third kappa shape index (κ3) is 4.12. The lowest BCUT2D eigenvalue weighted by molar-refractivity contribution is -0.274. The lowest BCUT2D eigenvalue weighted by Gasteiger charge is -2.15. The molecule has 0 aliphatic rings. The topological polar surface area (TPSA) is 35.2 Å². The summed E-state index contributed by atoms with van der Waals surface area (Å²) in [4.78, 5) is 0. The Balaban J connectivity index is 2.49. The van der Waals surface area contributed by atoms with Crippen molar-refractivity contribution in [3.63, 3.8) is 0 Å². The molecule has 0 atom stereocenters. The molecule has 0 spiro atoms. The number of ether oxygens (including phenoxy) is 1. The molecule has 0 saturated carbocycles. The molecular formula is C15H13ClF3NO. The predicted molar refractivity (Wildman–Crippen MR) is 76.3 cm³/mol. The minimum atomic E-state index is -4.75. The number of alkyl halides is 3. The fourth-order valence-corrected chi connectivity index (χ4v) is 2.22. The first-order chi connectivity index (χ1) is 9.90. The van der Waals surface area contributed by atoms with Crippen LogP contribution in [-0.4, -0.2) is 12.9 Å². The minimum Gasteiger partial charge on any atom is -0.405 e. The zero-order valence-corrected chi connectivity index (χ0v) is 11.7. The van der Waals surface area contributed by atoms with Gasteiger partial charge in [-0.25, -0.2) is 0 Å². The molecule has 0 amide bonds. The lowest BCUT2D eigenvalue weighted by atomic mass is 10.0. The molecule has 2 aromatic carbocycles. The van der Waals surface area contributed by atoms with Crippen molar-refractivity contribution in [1.82, 2.24) is 0 Å². The Kier molecular flexibility index (Phi) is 4.75. The first kappa shape index (κ1) is 15.7. The van der Waals surface area contributed by atoms with E-state index in [0.717, 1.165) is 5.56 Å². The van der Waals surface area contributed by atoms with Gasteiger partial charge in [-0.1, -0.05) is 35.9 Å². The molecule has 0 heterocycles. The third-order valence-electron chi connectivity index (χ3n) is 2.87. The first-order valence-corrected chi connectivity index (χ1v) is 6.62. The Morgan fingerprint density at radius 3 is 2.43 bits per heavy atom. The van der Waals surface area contributed by atoms with E-state index in [4.69, 9.17) is 17.3 Å². The summed E-state index contributed by atoms with van der Waals surface area (Å²) in [6.45, 7) is 0.446. The molecule has 0 radical (unpaired) electrons. The number of benzene rings is 2. The van der Waals surface area contributed by atoms with Crippen LogP contribution in [0.25, 0.3) is 11.1 Å². The summed E-state index contributed by atoms with van der Waals surface area (Å²) in [6, 6.07) is 11.1. The van der Waals surface area contributed by atoms with Gasteiger partial charge in [-0.05, 0) is 36.7 Å². The predicted octanol–water partition coefficient (Wildman–Crippen LogP) is 4.41. The van der Waals surface area contributed by atoms with Crippen LogP contribution >= 0.6 is 11.6 Å². The Bertz CT molecular complexity index is 629. The lowest BCUT2D eigenvalue weighted by Crippen LogP contribution is -2.17. The summed E-state index contributed by atoms with van der Waals surface area (Å²) < 4.78 is 41.5. The van der Waals surface area contributed by atoms with Gasteiger partial charge < -0.3 is 10.5 Å². The van der Waals surface area contributed by atoms with Crippen molar-refractivity contribution in [3.8, 4) is 16.9 Å². The number of para-hydroxylation sites is 1. The van der Waals surface area contributed by atoms with Crippen molar-refractivity contribution >= 4 is 11.6 Å². The van der Waals surface area contributed by atoms with E-state index in [1.54, 1.807) is 24.3 Å². The zero-order chi connectivity index (χ0) is 15.5. The third-order valence-corrected chi connectivity index (χ3v) is 3.20. The molecule has 2 nitrogen and oxygen atoms in total. The van der Waals surface area contributed by atoms with Crippen LogP contribution in [0.4, 0.5) is 13.2 Å². The van der Waals surface area contributed by atoms with Crippen LogP contribution in [0.3, 0.4) is 0 Å². The minimum absolute atomic E-state index is 0.281. The molecule has 0 unspecified atom stereocenters. The van der Waals surface area contributed by atoms with E-state index in [1.807, 2.05) is 0 Å². The molecule has 2 N–H and O–H groups in total. The first-order valence-electron chi connectivity index (χ1n) is 6.24. The van der Waals surface area contributed by atoms with Crippen molar-refractivity contribution < 1.29 is 17.9 Å². The average molecular weight is 316 g/mol. The van der Waals surface area contributed by atoms with E-state index in [-0.39, 0.29) is 5.75 Å². The van der Waals surface area contributed by atoms with Gasteiger partial charge in [0.1, 0.15) is 5.75 Å². The fourth-order valence-electron chi connectivity index (χ4n) is 2.00. The van der Waals surface area contributed by atoms with Crippen molar-refractivity contribution in [2.75, 3.05) is 6.54 Å². The van der Waals surface area contributed by atoms with E-state index >= 15 is 0 Å². The second-order valence-electron chi connectivity index (χ2n) is 4.40. The molecule has 0 fully saturated rings. The number of hydrogen-bond acceptors (Lipinski definition) is 2. The van der Waals surface area contributed by atoms with Crippen LogP contribution < -0.4 is 10.5 Å². The molecule has 21 heavy (non-hydrogen) atoms. The largest absolute Gasteiger partial charge is 0.573 e. The van der Waals surface area contributed by atoms with Gasteiger partial charge in [0.05, 0.1) is 0 Å². The van der Waals surface area contributed by atoms with E-state index < -0.39 is 6.36 Å². The summed E-state index contributed by atoms with van der Waals surface area (Å²) in [5, 5.41) is 0.356. The van der Waals surface area contributed by atoms with Gasteiger partial charge >= 0.3 is 6.36 Å². The summed E-state index contributed by atoms with van der Waals surface area (Å²) >= 11 is 6.11. The SMILES string of the molecule is NCCc1ccc(Cl)c(-c2ccccc2OC(F)(F)F)c1. The number of nitrogens with two attached hydrogens (primary N) is 1. The smallest absolute Gasteiger partial charge is 0.405 e. The maximum absolute atomic E-state index is 12.5. The Morgan fingerprint density at radius 1 is 1.05 bits per heavy atom. The Labute approximate surface area is 125 Å². The summed E-state index contributed by atoms with van der Waals surface area (Å²) in [5.74, 6) is -0.281. The van der Waals surface area contributed by atoms with Crippen LogP contribution in [0.1, 0.15) is 5.56 Å². The fraction of sp³-hybridized carbons (Fsp3) is 0.200. The highest BCUT2D eigenvalue weighted by Crippen LogP contribution is 2.37. The molecule has 0 aliphatic carbocycles. The maximum Gasteiger partial charge on any atom is 0.573 e. The van der Waals surface area contributed by atoms with Crippen LogP contribution in [0.15, 0.2) is 42.5 Å². The average Bonchev–Trinajstić information content (AvgIpc) is 2.40. The number of rotatable bonds is 4. The zero-order valence-electron chi connectivity index (χ0n) is 11.0. The van der Waals surface area contributed by atoms with Gasteiger partial charge in [0.25, 0.3) is 0 Å². The summed E-state index contributed by atoms with van der Waals surface area (Å²) in [6.07, 6.45) is -4.14. The highest BCUT2D eigenvalue weighted by atomic mass is 35.5. The van der Waals surface area contributed by atoms with Gasteiger partial charge in [-0.3, -0.25) is 0 Å². The molecule has 6 heteroatoms. The summed E-state index contributed by atoms with van der Waals surface area (Å²) in [5.41, 5.74) is 7.17. The van der Waals surface area contributed by atoms with Crippen LogP contribution in [0, 0.1) is 0 Å². The van der Waals surface area contributed by atoms with E-state index in [2.05, 4.69) is 4.74 Å². The highest BCUT2D eigenvalue weighted by Gasteiger charge is 2.32. The van der Waals surface area contributed by atoms with Crippen molar-refractivity contribution in [2.24, 2.45) is 5.73 Å². The van der Waals surface area contributed by atoms with Crippen molar-refractivity contribution in [1.29, 1.82) is 0 Å². The molecule has 112 valence electrons. The van der Waals surface area contributed by atoms with Gasteiger partial charge in [0, 0.05) is 16.1 Å². The van der Waals surface area contributed by atoms with Gasteiger partial charge in [-0.2, -0.15) is 0 Å². The molecular weight excluding hydrogens is 303 g/mol. The molecule has 0 aromatic heterocycles. The van der Waals surface area contributed by atoms with E-state index in [0.29, 0.717) is 29.1 Å². The monoisotopic (exact) mass is 315 g/mol. The second-order valence-corrected chi connectivity index (χ2v) is 4.80. The van der Waals surface area contributed by atoms with Gasteiger partial charge in [-0.15, -0.1) is 13.2 Å². The highest BCUT2D eigenvalue weighted by molar-refractivity contribution is 6.33. The molecule has 0 bridgehead atoms. The molecule has 0 aliphatic heterocycles. The molecule has 0 saturated heterocycles. The van der Waals surface area contributed by atoms with E-state index in [9.17, 15) is 13.2 Å². The number of halogens is 4. The van der Waals surface area contributed by atoms with Gasteiger partial charge in [0.2, 0.25) is 0 Å². The van der Waals surface area contributed by atoms with Crippen LogP contribution in [-0.2, 0) is 6.42 Å². The Morgan fingerprint density at radius 2 is 1.76 bits per heavy atom.